The smallest absolute Gasteiger partial charge is 0.377 e. The number of ether oxygens (including phenoxy) is 2. The van der Waals surface area contributed by atoms with Crippen molar-refractivity contribution in [1.82, 2.24) is 10.1 Å². The van der Waals surface area contributed by atoms with Crippen molar-refractivity contribution < 1.29 is 28.4 Å². The fourth-order valence-electron chi connectivity index (χ4n) is 2.04. The molecule has 2 amide bonds. The molecule has 0 saturated carbocycles. The Morgan fingerprint density at radius 1 is 1.30 bits per heavy atom. The zero-order valence-corrected chi connectivity index (χ0v) is 15.7. The van der Waals surface area contributed by atoms with Crippen LogP contribution in [0.3, 0.4) is 0 Å². The molecule has 0 spiro atoms. The molecule has 0 atom stereocenters. The molecule has 0 aliphatic carbocycles. The molecule has 0 fully saturated rings. The highest BCUT2D eigenvalue weighted by Gasteiger charge is 2.19. The molecule has 1 aromatic heterocycles. The summed E-state index contributed by atoms with van der Waals surface area (Å²) in [5.74, 6) is -1.52. The minimum atomic E-state index is -0.814. The SMILES string of the molecule is COc1ccc(Cl)cc1NC(=O)CN(C)C(=O)COC(=O)c1cc(C)no1. The number of halogens is 1. The molecule has 0 bridgehead atoms. The predicted molar refractivity (Wildman–Crippen MR) is 95.8 cm³/mol. The van der Waals surface area contributed by atoms with Crippen molar-refractivity contribution in [3.63, 3.8) is 0 Å². The van der Waals surface area contributed by atoms with Crippen molar-refractivity contribution >= 4 is 35.1 Å². The number of nitrogens with one attached hydrogen (secondary N) is 1. The van der Waals surface area contributed by atoms with E-state index in [1.807, 2.05) is 0 Å². The fourth-order valence-corrected chi connectivity index (χ4v) is 2.21. The zero-order valence-electron chi connectivity index (χ0n) is 14.9. The maximum absolute atomic E-state index is 12.1. The Morgan fingerprint density at radius 3 is 2.67 bits per heavy atom. The maximum atomic E-state index is 12.1. The highest BCUT2D eigenvalue weighted by Crippen LogP contribution is 2.27. The molecule has 27 heavy (non-hydrogen) atoms. The standard InChI is InChI=1S/C17H18ClN3O6/c1-10-6-14(27-20-10)17(24)26-9-16(23)21(2)8-15(22)19-12-7-11(18)4-5-13(12)25-3/h4-7H,8-9H2,1-3H3,(H,19,22). The molecule has 1 N–H and O–H groups in total. The van der Waals surface area contributed by atoms with E-state index in [9.17, 15) is 14.4 Å². The monoisotopic (exact) mass is 395 g/mol. The lowest BCUT2D eigenvalue weighted by atomic mass is 10.3. The van der Waals surface area contributed by atoms with Gasteiger partial charge in [0.15, 0.2) is 6.61 Å². The summed E-state index contributed by atoms with van der Waals surface area (Å²) in [6, 6.07) is 6.15. The summed E-state index contributed by atoms with van der Waals surface area (Å²) in [5.41, 5.74) is 0.890. The second-order valence-corrected chi connectivity index (χ2v) is 5.99. The van der Waals surface area contributed by atoms with Gasteiger partial charge in [0.25, 0.3) is 5.91 Å². The lowest BCUT2D eigenvalue weighted by molar-refractivity contribution is -0.136. The molecule has 0 saturated heterocycles. The first kappa shape index (κ1) is 20.2. The molecule has 1 heterocycles. The van der Waals surface area contributed by atoms with Crippen LogP contribution >= 0.6 is 11.6 Å². The number of aromatic nitrogens is 1. The third-order valence-electron chi connectivity index (χ3n) is 3.40. The van der Waals surface area contributed by atoms with E-state index in [0.717, 1.165) is 4.90 Å². The predicted octanol–water partition coefficient (Wildman–Crippen LogP) is 1.90. The number of anilines is 1. The van der Waals surface area contributed by atoms with Crippen molar-refractivity contribution in [3.05, 3.63) is 40.7 Å². The van der Waals surface area contributed by atoms with Crippen molar-refractivity contribution in [1.29, 1.82) is 0 Å². The minimum absolute atomic E-state index is 0.103. The number of aryl methyl sites for hydroxylation is 1. The molecule has 144 valence electrons. The van der Waals surface area contributed by atoms with Crippen LogP contribution in [0.25, 0.3) is 0 Å². The van der Waals surface area contributed by atoms with Crippen LogP contribution < -0.4 is 10.1 Å². The number of hydrogen-bond donors (Lipinski definition) is 1. The third kappa shape index (κ3) is 5.71. The van der Waals surface area contributed by atoms with Gasteiger partial charge in [-0.05, 0) is 25.1 Å². The molecule has 2 rings (SSSR count). The van der Waals surface area contributed by atoms with E-state index in [-0.39, 0.29) is 12.3 Å². The van der Waals surface area contributed by atoms with E-state index in [4.69, 9.17) is 25.6 Å². The van der Waals surface area contributed by atoms with Gasteiger partial charge in [-0.25, -0.2) is 4.79 Å². The Bertz CT molecular complexity index is 851. The van der Waals surface area contributed by atoms with E-state index in [1.54, 1.807) is 19.1 Å². The fraction of sp³-hybridized carbons (Fsp3) is 0.294. The Labute approximate surface area is 160 Å². The largest absolute Gasteiger partial charge is 0.495 e. The average molecular weight is 396 g/mol. The zero-order chi connectivity index (χ0) is 20.0. The third-order valence-corrected chi connectivity index (χ3v) is 3.63. The number of carbonyl (C=O) groups excluding carboxylic acids is 3. The van der Waals surface area contributed by atoms with Crippen LogP contribution in [-0.2, 0) is 14.3 Å². The molecule has 0 aliphatic heterocycles. The number of amides is 2. The van der Waals surface area contributed by atoms with Gasteiger partial charge in [-0.15, -0.1) is 0 Å². The number of esters is 1. The molecule has 0 unspecified atom stereocenters. The normalized spacial score (nSPS) is 10.2. The number of hydrogen-bond acceptors (Lipinski definition) is 7. The van der Waals surface area contributed by atoms with Gasteiger partial charge in [-0.2, -0.15) is 0 Å². The Balaban J connectivity index is 1.85. The molecule has 0 radical (unpaired) electrons. The van der Waals surface area contributed by atoms with Gasteiger partial charge >= 0.3 is 5.97 Å². The summed E-state index contributed by atoms with van der Waals surface area (Å²) < 4.78 is 14.7. The summed E-state index contributed by atoms with van der Waals surface area (Å²) in [4.78, 5) is 37.0. The molecule has 2 aromatic rings. The number of carbonyl (C=O) groups is 3. The van der Waals surface area contributed by atoms with Crippen LogP contribution in [0, 0.1) is 6.92 Å². The van der Waals surface area contributed by atoms with Gasteiger partial charge < -0.3 is 24.2 Å². The molecule has 0 aliphatic rings. The number of rotatable bonds is 7. The van der Waals surface area contributed by atoms with Gasteiger partial charge in [-0.3, -0.25) is 9.59 Å². The molecule has 1 aromatic carbocycles. The van der Waals surface area contributed by atoms with E-state index >= 15 is 0 Å². The number of nitrogens with zero attached hydrogens (tertiary/aromatic N) is 2. The van der Waals surface area contributed by atoms with Crippen molar-refractivity contribution in [2.24, 2.45) is 0 Å². The van der Waals surface area contributed by atoms with Gasteiger partial charge in [0.2, 0.25) is 11.7 Å². The second-order valence-electron chi connectivity index (χ2n) is 5.55. The summed E-state index contributed by atoms with van der Waals surface area (Å²) >= 11 is 5.90. The lowest BCUT2D eigenvalue weighted by Gasteiger charge is -2.17. The van der Waals surface area contributed by atoms with E-state index in [0.29, 0.717) is 22.2 Å². The number of likely N-dealkylation sites (N-methyl/N-ethyl adjacent to an activating group) is 1. The van der Waals surface area contributed by atoms with Gasteiger partial charge in [0.1, 0.15) is 5.75 Å². The molecule has 9 nitrogen and oxygen atoms in total. The summed E-state index contributed by atoms with van der Waals surface area (Å²) in [6.45, 7) is 0.850. The maximum Gasteiger partial charge on any atom is 0.377 e. The number of benzene rings is 1. The first-order chi connectivity index (χ1) is 12.8. The average Bonchev–Trinajstić information content (AvgIpc) is 3.06. The van der Waals surface area contributed by atoms with Crippen LogP contribution in [0.2, 0.25) is 5.02 Å². The first-order valence-corrected chi connectivity index (χ1v) is 8.15. The van der Waals surface area contributed by atoms with E-state index < -0.39 is 24.4 Å². The highest BCUT2D eigenvalue weighted by atomic mass is 35.5. The first-order valence-electron chi connectivity index (χ1n) is 7.78. The Morgan fingerprint density at radius 2 is 2.04 bits per heavy atom. The Kier molecular flexibility index (Phi) is 6.78. The molecular formula is C17H18ClN3O6. The molecular weight excluding hydrogens is 378 g/mol. The lowest BCUT2D eigenvalue weighted by Crippen LogP contribution is -2.37. The topological polar surface area (TPSA) is 111 Å². The van der Waals surface area contributed by atoms with E-state index in [2.05, 4.69) is 10.5 Å². The quantitative estimate of drug-likeness (QED) is 0.712. The van der Waals surface area contributed by atoms with Crippen molar-refractivity contribution in [2.75, 3.05) is 32.6 Å². The number of methoxy groups -OCH3 is 1. The van der Waals surface area contributed by atoms with E-state index in [1.165, 1.54) is 26.3 Å². The minimum Gasteiger partial charge on any atom is -0.495 e. The Hall–Kier alpha value is -3.07. The van der Waals surface area contributed by atoms with Gasteiger partial charge in [0.05, 0.1) is 25.0 Å². The summed E-state index contributed by atoms with van der Waals surface area (Å²) in [6.07, 6.45) is 0. The molecule has 10 heteroatoms. The second kappa shape index (κ2) is 9.04. The van der Waals surface area contributed by atoms with Crippen LogP contribution in [0.5, 0.6) is 5.75 Å². The van der Waals surface area contributed by atoms with Crippen molar-refractivity contribution in [3.8, 4) is 5.75 Å². The highest BCUT2D eigenvalue weighted by molar-refractivity contribution is 6.31. The summed E-state index contributed by atoms with van der Waals surface area (Å²) in [5, 5.41) is 6.59. The summed E-state index contributed by atoms with van der Waals surface area (Å²) in [7, 11) is 2.86. The van der Waals surface area contributed by atoms with Crippen LogP contribution in [0.15, 0.2) is 28.8 Å². The van der Waals surface area contributed by atoms with Gasteiger partial charge in [0, 0.05) is 18.1 Å². The van der Waals surface area contributed by atoms with Crippen LogP contribution in [0.1, 0.15) is 16.2 Å². The van der Waals surface area contributed by atoms with Crippen molar-refractivity contribution in [2.45, 2.75) is 6.92 Å². The van der Waals surface area contributed by atoms with Crippen LogP contribution in [0.4, 0.5) is 5.69 Å². The van der Waals surface area contributed by atoms with Crippen LogP contribution in [-0.4, -0.2) is 55.1 Å². The van der Waals surface area contributed by atoms with Gasteiger partial charge in [-0.1, -0.05) is 16.8 Å².